The van der Waals surface area contributed by atoms with Gasteiger partial charge in [-0.1, -0.05) is 41.4 Å². The van der Waals surface area contributed by atoms with E-state index in [2.05, 4.69) is 0 Å². The highest BCUT2D eigenvalue weighted by atomic mass is 35.5. The third-order valence-corrected chi connectivity index (χ3v) is 6.87. The number of para-hydroxylation sites is 1. The van der Waals surface area contributed by atoms with Gasteiger partial charge in [-0.2, -0.15) is 0 Å². The summed E-state index contributed by atoms with van der Waals surface area (Å²) in [6, 6.07) is 22.2. The van der Waals surface area contributed by atoms with Crippen molar-refractivity contribution in [3.63, 3.8) is 0 Å². The van der Waals surface area contributed by atoms with Gasteiger partial charge in [0.25, 0.3) is 5.91 Å². The topological polar surface area (TPSA) is 63.0 Å². The minimum atomic E-state index is -1.07. The molecule has 0 radical (unpaired) electrons. The second kappa shape index (κ2) is 8.78. The third-order valence-electron chi connectivity index (χ3n) is 6.33. The zero-order chi connectivity index (χ0) is 25.0. The molecule has 4 aromatic rings. The molecule has 0 N–H and O–H groups in total. The Labute approximate surface area is 215 Å². The standard InChI is InChI=1S/C27H17Cl2FN2O4/c28-15-6-11-19(20(29)14-15)21-12-13-22(35-21)24-23-25(36-32(24)18-4-2-1-3-5-18)27(34)31(26(23)33)17-9-7-16(30)8-10-17/h1-14,23-25H/t23-,24+,25+/m1/s1. The van der Waals surface area contributed by atoms with E-state index in [1.807, 2.05) is 30.3 Å². The summed E-state index contributed by atoms with van der Waals surface area (Å²) < 4.78 is 19.7. The third kappa shape index (κ3) is 3.67. The first-order valence-corrected chi connectivity index (χ1v) is 11.9. The number of amides is 2. The summed E-state index contributed by atoms with van der Waals surface area (Å²) in [6.07, 6.45) is -1.07. The van der Waals surface area contributed by atoms with Crippen molar-refractivity contribution >= 4 is 46.4 Å². The fraction of sp³-hybridized carbons (Fsp3) is 0.111. The maximum Gasteiger partial charge on any atom is 0.266 e. The molecular formula is C27H17Cl2FN2O4. The summed E-state index contributed by atoms with van der Waals surface area (Å²) in [5.41, 5.74) is 1.58. The van der Waals surface area contributed by atoms with Crippen LogP contribution in [-0.4, -0.2) is 17.9 Å². The molecule has 2 aliphatic rings. The van der Waals surface area contributed by atoms with Gasteiger partial charge in [0.2, 0.25) is 5.91 Å². The molecule has 36 heavy (non-hydrogen) atoms. The number of carbonyl (C=O) groups is 2. The molecule has 3 atom stereocenters. The number of nitrogens with zero attached hydrogens (tertiary/aromatic N) is 2. The molecule has 2 aliphatic heterocycles. The lowest BCUT2D eigenvalue weighted by Crippen LogP contribution is -2.37. The Bertz CT molecular complexity index is 1470. The van der Waals surface area contributed by atoms with E-state index in [0.717, 1.165) is 4.90 Å². The SMILES string of the molecule is O=C1[C@H]2[C@H](ON(c3ccccc3)[C@H]2c2ccc(-c3ccc(Cl)cc3Cl)o2)C(=O)N1c1ccc(F)cc1. The molecule has 0 spiro atoms. The van der Waals surface area contributed by atoms with Gasteiger partial charge < -0.3 is 4.42 Å². The molecule has 180 valence electrons. The van der Waals surface area contributed by atoms with Crippen LogP contribution in [0.15, 0.2) is 89.3 Å². The maximum atomic E-state index is 13.6. The first kappa shape index (κ1) is 22.8. The van der Waals surface area contributed by atoms with Crippen molar-refractivity contribution in [2.75, 3.05) is 9.96 Å². The zero-order valence-electron chi connectivity index (χ0n) is 18.5. The summed E-state index contributed by atoms with van der Waals surface area (Å²) in [5, 5.41) is 2.45. The molecule has 6 nitrogen and oxygen atoms in total. The summed E-state index contributed by atoms with van der Waals surface area (Å²) in [6.45, 7) is 0. The lowest BCUT2D eigenvalue weighted by atomic mass is 9.94. The number of fused-ring (bicyclic) bond motifs is 1. The van der Waals surface area contributed by atoms with Gasteiger partial charge in [0.15, 0.2) is 6.10 Å². The predicted octanol–water partition coefficient (Wildman–Crippen LogP) is 6.44. The summed E-state index contributed by atoms with van der Waals surface area (Å²) in [5.74, 6) is -1.42. The first-order valence-electron chi connectivity index (χ1n) is 11.1. The van der Waals surface area contributed by atoms with Gasteiger partial charge in [-0.05, 0) is 66.7 Å². The average Bonchev–Trinajstić information content (AvgIpc) is 3.56. The number of benzene rings is 3. The van der Waals surface area contributed by atoms with E-state index in [9.17, 15) is 14.0 Å². The molecule has 0 unspecified atom stereocenters. The van der Waals surface area contributed by atoms with Crippen molar-refractivity contribution in [1.29, 1.82) is 0 Å². The Hall–Kier alpha value is -3.65. The van der Waals surface area contributed by atoms with Crippen LogP contribution < -0.4 is 9.96 Å². The van der Waals surface area contributed by atoms with Crippen LogP contribution in [0.3, 0.4) is 0 Å². The van der Waals surface area contributed by atoms with Crippen molar-refractivity contribution in [1.82, 2.24) is 0 Å². The number of furan rings is 1. The number of halogens is 3. The summed E-state index contributed by atoms with van der Waals surface area (Å²) in [4.78, 5) is 34.1. The maximum absolute atomic E-state index is 13.6. The van der Waals surface area contributed by atoms with Crippen LogP contribution in [0.25, 0.3) is 11.3 Å². The van der Waals surface area contributed by atoms with Crippen LogP contribution in [0.4, 0.5) is 15.8 Å². The van der Waals surface area contributed by atoms with Crippen LogP contribution in [0.1, 0.15) is 11.8 Å². The normalized spacial score (nSPS) is 21.4. The van der Waals surface area contributed by atoms with Crippen LogP contribution in [0.5, 0.6) is 0 Å². The Kier molecular flexibility index (Phi) is 5.56. The van der Waals surface area contributed by atoms with Crippen molar-refractivity contribution < 1.29 is 23.2 Å². The molecule has 6 rings (SSSR count). The Morgan fingerprint density at radius 3 is 2.28 bits per heavy atom. The number of imide groups is 1. The van der Waals surface area contributed by atoms with Crippen LogP contribution >= 0.6 is 23.2 Å². The summed E-state index contributed by atoms with van der Waals surface area (Å²) >= 11 is 12.4. The number of anilines is 2. The molecule has 1 aromatic heterocycles. The largest absolute Gasteiger partial charge is 0.459 e. The minimum Gasteiger partial charge on any atom is -0.459 e. The molecule has 2 saturated heterocycles. The van der Waals surface area contributed by atoms with Crippen molar-refractivity contribution in [2.45, 2.75) is 12.1 Å². The second-order valence-corrected chi connectivity index (χ2v) is 9.32. The fourth-order valence-electron chi connectivity index (χ4n) is 4.69. The van der Waals surface area contributed by atoms with E-state index in [0.29, 0.717) is 32.8 Å². The number of rotatable bonds is 4. The number of hydrogen-bond acceptors (Lipinski definition) is 5. The van der Waals surface area contributed by atoms with Gasteiger partial charge >= 0.3 is 0 Å². The molecule has 2 amide bonds. The van der Waals surface area contributed by atoms with Gasteiger partial charge in [-0.15, -0.1) is 0 Å². The van der Waals surface area contributed by atoms with Gasteiger partial charge in [0.05, 0.1) is 16.4 Å². The van der Waals surface area contributed by atoms with Gasteiger partial charge in [-0.3, -0.25) is 14.4 Å². The van der Waals surface area contributed by atoms with E-state index in [1.54, 1.807) is 35.4 Å². The van der Waals surface area contributed by atoms with E-state index in [4.69, 9.17) is 32.5 Å². The molecular weight excluding hydrogens is 506 g/mol. The van der Waals surface area contributed by atoms with Gasteiger partial charge in [0, 0.05) is 10.6 Å². The highest BCUT2D eigenvalue weighted by Gasteiger charge is 2.61. The van der Waals surface area contributed by atoms with E-state index < -0.39 is 35.7 Å². The van der Waals surface area contributed by atoms with E-state index >= 15 is 0 Å². The predicted molar refractivity (Wildman–Crippen MR) is 133 cm³/mol. The Morgan fingerprint density at radius 2 is 1.56 bits per heavy atom. The average molecular weight is 523 g/mol. The van der Waals surface area contributed by atoms with Crippen molar-refractivity contribution in [3.8, 4) is 11.3 Å². The van der Waals surface area contributed by atoms with Crippen LogP contribution in [0.2, 0.25) is 10.0 Å². The Balaban J connectivity index is 1.42. The lowest BCUT2D eigenvalue weighted by Gasteiger charge is -2.27. The van der Waals surface area contributed by atoms with E-state index in [-0.39, 0.29) is 5.69 Å². The number of carbonyl (C=O) groups excluding carboxylic acids is 2. The van der Waals surface area contributed by atoms with Crippen LogP contribution in [-0.2, 0) is 14.4 Å². The van der Waals surface area contributed by atoms with E-state index in [1.165, 1.54) is 24.3 Å². The fourth-order valence-corrected chi connectivity index (χ4v) is 5.19. The molecule has 0 aliphatic carbocycles. The minimum absolute atomic E-state index is 0.280. The highest BCUT2D eigenvalue weighted by molar-refractivity contribution is 6.36. The Morgan fingerprint density at radius 1 is 0.806 bits per heavy atom. The summed E-state index contributed by atoms with van der Waals surface area (Å²) in [7, 11) is 0. The molecule has 2 fully saturated rings. The van der Waals surface area contributed by atoms with Gasteiger partial charge in [-0.25, -0.2) is 14.4 Å². The number of hydroxylamine groups is 1. The smallest absolute Gasteiger partial charge is 0.266 e. The van der Waals surface area contributed by atoms with Crippen LogP contribution in [0, 0.1) is 11.7 Å². The molecule has 9 heteroatoms. The zero-order valence-corrected chi connectivity index (χ0v) is 20.0. The van der Waals surface area contributed by atoms with Crippen molar-refractivity contribution in [3.05, 3.63) is 107 Å². The highest BCUT2D eigenvalue weighted by Crippen LogP contribution is 2.48. The first-order chi connectivity index (χ1) is 17.4. The molecule has 3 heterocycles. The number of hydrogen-bond donors (Lipinski definition) is 0. The monoisotopic (exact) mass is 522 g/mol. The molecule has 3 aromatic carbocycles. The van der Waals surface area contributed by atoms with Gasteiger partial charge in [0.1, 0.15) is 29.3 Å². The molecule has 0 bridgehead atoms. The van der Waals surface area contributed by atoms with Crippen molar-refractivity contribution in [2.24, 2.45) is 5.92 Å². The molecule has 0 saturated carbocycles. The lowest BCUT2D eigenvalue weighted by molar-refractivity contribution is -0.126. The quantitative estimate of drug-likeness (QED) is 0.288. The second-order valence-electron chi connectivity index (χ2n) is 8.47.